The van der Waals surface area contributed by atoms with Crippen LogP contribution in [0.15, 0.2) is 24.3 Å². The van der Waals surface area contributed by atoms with E-state index in [9.17, 15) is 9.59 Å². The van der Waals surface area contributed by atoms with Gasteiger partial charge in [0.05, 0.1) is 18.6 Å². The Morgan fingerprint density at radius 3 is 2.23 bits per heavy atom. The number of carbonyl (C=O) groups excluding carboxylic acids is 2. The quantitative estimate of drug-likeness (QED) is 0.838. The number of nitrogens with one attached hydrogen (secondary N) is 1. The van der Waals surface area contributed by atoms with Crippen LogP contribution in [-0.4, -0.2) is 36.3 Å². The molecule has 22 heavy (non-hydrogen) atoms. The van der Waals surface area contributed by atoms with Crippen LogP contribution in [0.4, 0.5) is 0 Å². The minimum absolute atomic E-state index is 0.0358. The minimum atomic E-state index is -0.590. The summed E-state index contributed by atoms with van der Waals surface area (Å²) in [6.45, 7) is 7.70. The number of hydrogen-bond donors (Lipinski definition) is 2. The fourth-order valence-corrected chi connectivity index (χ4v) is 1.99. The Morgan fingerprint density at radius 2 is 1.73 bits per heavy atom. The molecule has 0 heterocycles. The van der Waals surface area contributed by atoms with Crippen LogP contribution in [0, 0.1) is 12.8 Å². The number of carbonyl (C=O) groups is 2. The Morgan fingerprint density at radius 1 is 1.18 bits per heavy atom. The van der Waals surface area contributed by atoms with Crippen molar-refractivity contribution in [1.29, 1.82) is 0 Å². The molecule has 0 fully saturated rings. The Bertz CT molecular complexity index is 511. The first kappa shape index (κ1) is 18.2. The summed E-state index contributed by atoms with van der Waals surface area (Å²) in [5, 5.41) is 2.60. The van der Waals surface area contributed by atoms with Crippen molar-refractivity contribution in [1.82, 2.24) is 10.2 Å². The van der Waals surface area contributed by atoms with E-state index in [2.05, 4.69) is 5.32 Å². The van der Waals surface area contributed by atoms with Crippen LogP contribution in [0.1, 0.15) is 37.9 Å². The lowest BCUT2D eigenvalue weighted by Crippen LogP contribution is -2.47. The van der Waals surface area contributed by atoms with Gasteiger partial charge in [-0.3, -0.25) is 9.59 Å². The molecule has 0 saturated carbocycles. The largest absolute Gasteiger partial charge is 0.346 e. The number of nitrogens with zero attached hydrogens (tertiary/aromatic N) is 1. The Kier molecular flexibility index (Phi) is 6.56. The first-order chi connectivity index (χ1) is 10.2. The van der Waals surface area contributed by atoms with Gasteiger partial charge in [0.1, 0.15) is 0 Å². The summed E-state index contributed by atoms with van der Waals surface area (Å²) >= 11 is 0. The summed E-state index contributed by atoms with van der Waals surface area (Å²) in [6.07, 6.45) is 0. The third-order valence-corrected chi connectivity index (χ3v) is 3.97. The van der Waals surface area contributed by atoms with Gasteiger partial charge in [0.15, 0.2) is 0 Å². The standard InChI is InChI=1S/C17H27N3O2/c1-11(2)16(18)17(22)19-10-15(21)20(5)13(4)14-8-6-12(3)7-9-14/h6-9,11,13,16H,10,18H2,1-5H3,(H,19,22)/t13?,16-/m0/s1. The summed E-state index contributed by atoms with van der Waals surface area (Å²) in [4.78, 5) is 25.6. The van der Waals surface area contributed by atoms with Gasteiger partial charge in [-0.15, -0.1) is 0 Å². The fraction of sp³-hybridized carbons (Fsp3) is 0.529. The van der Waals surface area contributed by atoms with Crippen LogP contribution >= 0.6 is 0 Å². The van der Waals surface area contributed by atoms with Crippen LogP contribution in [0.25, 0.3) is 0 Å². The van der Waals surface area contributed by atoms with Crippen LogP contribution in [0.2, 0.25) is 0 Å². The Balaban J connectivity index is 2.58. The number of likely N-dealkylation sites (N-methyl/N-ethyl adjacent to an activating group) is 1. The molecule has 1 unspecified atom stereocenters. The summed E-state index contributed by atoms with van der Waals surface area (Å²) in [7, 11) is 1.74. The molecule has 3 N–H and O–H groups in total. The van der Waals surface area contributed by atoms with Crippen molar-refractivity contribution in [3.05, 3.63) is 35.4 Å². The lowest BCUT2D eigenvalue weighted by molar-refractivity contribution is -0.133. The molecule has 0 bridgehead atoms. The molecule has 0 saturated heterocycles. The predicted octanol–water partition coefficient (Wildman–Crippen LogP) is 1.61. The maximum absolute atomic E-state index is 12.2. The Labute approximate surface area is 132 Å². The molecule has 0 radical (unpaired) electrons. The highest BCUT2D eigenvalue weighted by atomic mass is 16.2. The van der Waals surface area contributed by atoms with E-state index in [1.807, 2.05) is 52.0 Å². The molecule has 1 aromatic rings. The zero-order valence-electron chi connectivity index (χ0n) is 14.1. The molecule has 122 valence electrons. The van der Waals surface area contributed by atoms with Gasteiger partial charge in [-0.2, -0.15) is 0 Å². The smallest absolute Gasteiger partial charge is 0.242 e. The molecular weight excluding hydrogens is 278 g/mol. The van der Waals surface area contributed by atoms with Gasteiger partial charge in [-0.05, 0) is 25.3 Å². The van der Waals surface area contributed by atoms with Gasteiger partial charge in [0.25, 0.3) is 0 Å². The number of amides is 2. The van der Waals surface area contributed by atoms with Gasteiger partial charge in [0, 0.05) is 7.05 Å². The number of benzene rings is 1. The van der Waals surface area contributed by atoms with Crippen molar-refractivity contribution in [2.75, 3.05) is 13.6 Å². The monoisotopic (exact) mass is 305 g/mol. The van der Waals surface area contributed by atoms with Gasteiger partial charge in [0.2, 0.25) is 11.8 Å². The summed E-state index contributed by atoms with van der Waals surface area (Å²) in [5.74, 6) is -0.392. The van der Waals surface area contributed by atoms with Crippen molar-refractivity contribution in [3.8, 4) is 0 Å². The summed E-state index contributed by atoms with van der Waals surface area (Å²) in [6, 6.07) is 7.42. The zero-order valence-corrected chi connectivity index (χ0v) is 14.1. The van der Waals surface area contributed by atoms with E-state index in [1.165, 1.54) is 5.56 Å². The number of rotatable bonds is 6. The highest BCUT2D eigenvalue weighted by Crippen LogP contribution is 2.19. The van der Waals surface area contributed by atoms with Gasteiger partial charge in [-0.25, -0.2) is 0 Å². The van der Waals surface area contributed by atoms with Crippen LogP contribution in [-0.2, 0) is 9.59 Å². The molecule has 5 heteroatoms. The molecule has 0 aliphatic rings. The van der Waals surface area contributed by atoms with Crippen LogP contribution in [0.5, 0.6) is 0 Å². The van der Waals surface area contributed by atoms with Gasteiger partial charge < -0.3 is 16.0 Å². The molecule has 1 rings (SSSR count). The second-order valence-corrected chi connectivity index (χ2v) is 6.08. The molecule has 1 aromatic carbocycles. The summed E-state index contributed by atoms with van der Waals surface area (Å²) in [5.41, 5.74) is 7.99. The maximum Gasteiger partial charge on any atom is 0.242 e. The van der Waals surface area contributed by atoms with E-state index in [0.29, 0.717) is 0 Å². The van der Waals surface area contributed by atoms with Crippen molar-refractivity contribution in [3.63, 3.8) is 0 Å². The second-order valence-electron chi connectivity index (χ2n) is 6.08. The minimum Gasteiger partial charge on any atom is -0.346 e. The second kappa shape index (κ2) is 7.94. The first-order valence-corrected chi connectivity index (χ1v) is 7.59. The average molecular weight is 305 g/mol. The molecule has 0 spiro atoms. The topological polar surface area (TPSA) is 75.4 Å². The van der Waals surface area contributed by atoms with E-state index in [0.717, 1.165) is 5.56 Å². The van der Waals surface area contributed by atoms with E-state index >= 15 is 0 Å². The molecule has 2 atom stereocenters. The zero-order chi connectivity index (χ0) is 16.9. The summed E-state index contributed by atoms with van der Waals surface area (Å²) < 4.78 is 0. The SMILES string of the molecule is Cc1ccc(C(C)N(C)C(=O)CNC(=O)[C@@H](N)C(C)C)cc1. The predicted molar refractivity (Wildman–Crippen MR) is 88.2 cm³/mol. The van der Waals surface area contributed by atoms with Crippen molar-refractivity contribution >= 4 is 11.8 Å². The first-order valence-electron chi connectivity index (χ1n) is 7.59. The molecule has 0 aliphatic carbocycles. The molecular formula is C17H27N3O2. The molecule has 0 aromatic heterocycles. The van der Waals surface area contributed by atoms with E-state index in [1.54, 1.807) is 11.9 Å². The molecule has 0 aliphatic heterocycles. The van der Waals surface area contributed by atoms with Crippen LogP contribution < -0.4 is 11.1 Å². The third-order valence-electron chi connectivity index (χ3n) is 3.97. The average Bonchev–Trinajstić information content (AvgIpc) is 2.50. The van der Waals surface area contributed by atoms with Crippen LogP contribution in [0.3, 0.4) is 0 Å². The normalized spacial score (nSPS) is 13.6. The lowest BCUT2D eigenvalue weighted by atomic mass is 10.0. The van der Waals surface area contributed by atoms with E-state index in [4.69, 9.17) is 5.73 Å². The van der Waals surface area contributed by atoms with Gasteiger partial charge >= 0.3 is 0 Å². The van der Waals surface area contributed by atoms with E-state index in [-0.39, 0.29) is 30.3 Å². The van der Waals surface area contributed by atoms with Crippen molar-refractivity contribution in [2.45, 2.75) is 39.8 Å². The van der Waals surface area contributed by atoms with Gasteiger partial charge in [-0.1, -0.05) is 43.7 Å². The highest BCUT2D eigenvalue weighted by Gasteiger charge is 2.21. The Hall–Kier alpha value is -1.88. The molecule has 5 nitrogen and oxygen atoms in total. The highest BCUT2D eigenvalue weighted by molar-refractivity contribution is 5.87. The van der Waals surface area contributed by atoms with Crippen molar-refractivity contribution in [2.24, 2.45) is 11.7 Å². The maximum atomic E-state index is 12.2. The van der Waals surface area contributed by atoms with Crippen molar-refractivity contribution < 1.29 is 9.59 Å². The lowest BCUT2D eigenvalue weighted by Gasteiger charge is -2.26. The fourth-order valence-electron chi connectivity index (χ4n) is 1.99. The number of nitrogens with two attached hydrogens (primary N) is 1. The number of hydrogen-bond acceptors (Lipinski definition) is 3. The van der Waals surface area contributed by atoms with E-state index < -0.39 is 6.04 Å². The third kappa shape index (κ3) is 4.84. The number of aryl methyl sites for hydroxylation is 1. The molecule has 2 amide bonds.